The lowest BCUT2D eigenvalue weighted by molar-refractivity contribution is 0.140. The van der Waals surface area contributed by atoms with Crippen LogP contribution in [0.2, 0.25) is 0 Å². The molecule has 2 aromatic rings. The van der Waals surface area contributed by atoms with Crippen LogP contribution < -0.4 is 5.32 Å². The third kappa shape index (κ3) is 4.72. The fourth-order valence-electron chi connectivity index (χ4n) is 1.84. The van der Waals surface area contributed by atoms with E-state index < -0.39 is 6.09 Å². The molecule has 0 aliphatic carbocycles. The number of hydrogen-bond acceptors (Lipinski definition) is 4. The van der Waals surface area contributed by atoms with Crippen molar-refractivity contribution in [3.8, 4) is 11.5 Å². The van der Waals surface area contributed by atoms with Gasteiger partial charge >= 0.3 is 6.09 Å². The molecule has 0 aromatic heterocycles. The maximum atomic E-state index is 11.5. The number of aromatic hydroxyl groups is 2. The third-order valence-corrected chi connectivity index (χ3v) is 2.95. The molecule has 0 saturated carbocycles. The first-order chi connectivity index (χ1) is 10.1. The Hall–Kier alpha value is -2.69. The molecule has 0 saturated heterocycles. The van der Waals surface area contributed by atoms with E-state index in [0.29, 0.717) is 18.5 Å². The maximum Gasteiger partial charge on any atom is 0.407 e. The Morgan fingerprint density at radius 1 is 1.10 bits per heavy atom. The second-order valence-electron chi connectivity index (χ2n) is 4.55. The Balaban J connectivity index is 1.72. The Bertz CT molecular complexity index is 598. The minimum atomic E-state index is -0.503. The smallest absolute Gasteiger partial charge is 0.407 e. The molecule has 110 valence electrons. The van der Waals surface area contributed by atoms with Gasteiger partial charge in [-0.15, -0.1) is 0 Å². The van der Waals surface area contributed by atoms with E-state index in [1.807, 2.05) is 30.3 Å². The van der Waals surface area contributed by atoms with Crippen LogP contribution in [-0.4, -0.2) is 22.9 Å². The van der Waals surface area contributed by atoms with E-state index in [0.717, 1.165) is 5.56 Å². The van der Waals surface area contributed by atoms with Crippen molar-refractivity contribution in [2.75, 3.05) is 6.54 Å². The molecule has 0 aliphatic rings. The zero-order valence-electron chi connectivity index (χ0n) is 11.5. The van der Waals surface area contributed by atoms with Crippen LogP contribution in [0.5, 0.6) is 11.5 Å². The van der Waals surface area contributed by atoms with Crippen molar-refractivity contribution in [3.63, 3.8) is 0 Å². The van der Waals surface area contributed by atoms with Gasteiger partial charge in [0, 0.05) is 12.6 Å². The van der Waals surface area contributed by atoms with Crippen LogP contribution in [0.25, 0.3) is 0 Å². The molecule has 0 radical (unpaired) electrons. The number of carbonyl (C=O) groups excluding carboxylic acids is 1. The lowest BCUT2D eigenvalue weighted by Gasteiger charge is -2.08. The summed E-state index contributed by atoms with van der Waals surface area (Å²) in [5, 5.41) is 21.4. The quantitative estimate of drug-likeness (QED) is 0.789. The van der Waals surface area contributed by atoms with Gasteiger partial charge in [0.25, 0.3) is 0 Å². The summed E-state index contributed by atoms with van der Waals surface area (Å²) in [6.07, 6.45) is -0.0517. The molecular formula is C16H17NO4. The number of nitrogens with one attached hydrogen (secondary N) is 1. The fraction of sp³-hybridized carbons (Fsp3) is 0.188. The summed E-state index contributed by atoms with van der Waals surface area (Å²) in [5.41, 5.74) is 1.57. The molecule has 0 heterocycles. The highest BCUT2D eigenvalue weighted by molar-refractivity contribution is 5.67. The number of hydrogen-bond donors (Lipinski definition) is 3. The average Bonchev–Trinajstić information content (AvgIpc) is 2.48. The largest absolute Gasteiger partial charge is 0.508 e. The number of carbonyl (C=O) groups is 1. The molecular weight excluding hydrogens is 270 g/mol. The molecule has 0 unspecified atom stereocenters. The Morgan fingerprint density at radius 2 is 1.86 bits per heavy atom. The highest BCUT2D eigenvalue weighted by Crippen LogP contribution is 2.22. The number of amides is 1. The number of ether oxygens (including phenoxy) is 1. The van der Waals surface area contributed by atoms with E-state index >= 15 is 0 Å². The van der Waals surface area contributed by atoms with E-state index in [-0.39, 0.29) is 18.1 Å². The number of rotatable bonds is 5. The highest BCUT2D eigenvalue weighted by Gasteiger charge is 2.05. The number of phenolic OH excluding ortho intramolecular Hbond substituents is 2. The van der Waals surface area contributed by atoms with E-state index in [4.69, 9.17) is 4.74 Å². The monoisotopic (exact) mass is 287 g/mol. The van der Waals surface area contributed by atoms with Gasteiger partial charge in [0.1, 0.15) is 18.1 Å². The summed E-state index contributed by atoms with van der Waals surface area (Å²) >= 11 is 0. The second kappa shape index (κ2) is 7.19. The molecule has 5 nitrogen and oxygen atoms in total. The molecule has 1 amide bonds. The van der Waals surface area contributed by atoms with Crippen LogP contribution in [0.15, 0.2) is 48.5 Å². The summed E-state index contributed by atoms with van der Waals surface area (Å²) in [6.45, 7) is 0.559. The topological polar surface area (TPSA) is 78.8 Å². The van der Waals surface area contributed by atoms with Gasteiger partial charge in [-0.05, 0) is 23.6 Å². The molecule has 2 rings (SSSR count). The van der Waals surface area contributed by atoms with Crippen LogP contribution in [0.1, 0.15) is 11.1 Å². The predicted molar refractivity (Wildman–Crippen MR) is 78.1 cm³/mol. The van der Waals surface area contributed by atoms with Crippen molar-refractivity contribution < 1.29 is 19.7 Å². The molecule has 5 heteroatoms. The van der Waals surface area contributed by atoms with Gasteiger partial charge in [0.15, 0.2) is 0 Å². The maximum absolute atomic E-state index is 11.5. The van der Waals surface area contributed by atoms with Crippen LogP contribution in [0, 0.1) is 0 Å². The van der Waals surface area contributed by atoms with Gasteiger partial charge in [-0.1, -0.05) is 36.4 Å². The predicted octanol–water partition coefficient (Wildman–Crippen LogP) is 2.57. The zero-order chi connectivity index (χ0) is 15.1. The van der Waals surface area contributed by atoms with Crippen molar-refractivity contribution in [1.29, 1.82) is 0 Å². The van der Waals surface area contributed by atoms with Crippen molar-refractivity contribution in [2.45, 2.75) is 13.0 Å². The van der Waals surface area contributed by atoms with Crippen LogP contribution in [0.4, 0.5) is 4.79 Å². The van der Waals surface area contributed by atoms with E-state index in [1.54, 1.807) is 6.07 Å². The summed E-state index contributed by atoms with van der Waals surface area (Å²) < 4.78 is 5.06. The molecule has 0 aliphatic heterocycles. The third-order valence-electron chi connectivity index (χ3n) is 2.95. The summed E-state index contributed by atoms with van der Waals surface area (Å²) in [7, 11) is 0. The first kappa shape index (κ1) is 14.7. The van der Waals surface area contributed by atoms with Gasteiger partial charge in [0.2, 0.25) is 0 Å². The molecule has 21 heavy (non-hydrogen) atoms. The van der Waals surface area contributed by atoms with Gasteiger partial charge in [-0.25, -0.2) is 4.79 Å². The van der Waals surface area contributed by atoms with Gasteiger partial charge in [-0.3, -0.25) is 0 Å². The van der Waals surface area contributed by atoms with Crippen molar-refractivity contribution in [3.05, 3.63) is 59.7 Å². The zero-order valence-corrected chi connectivity index (χ0v) is 11.5. The SMILES string of the molecule is O=C(NCCc1ccc(O)cc1O)OCc1ccccc1. The van der Waals surface area contributed by atoms with Crippen LogP contribution in [0.3, 0.4) is 0 Å². The van der Waals surface area contributed by atoms with Crippen LogP contribution >= 0.6 is 0 Å². The van der Waals surface area contributed by atoms with Crippen LogP contribution in [-0.2, 0) is 17.8 Å². The fourth-order valence-corrected chi connectivity index (χ4v) is 1.84. The molecule has 2 aromatic carbocycles. The molecule has 3 N–H and O–H groups in total. The van der Waals surface area contributed by atoms with Crippen molar-refractivity contribution in [1.82, 2.24) is 5.32 Å². The van der Waals surface area contributed by atoms with Gasteiger partial charge in [0.05, 0.1) is 0 Å². The second-order valence-corrected chi connectivity index (χ2v) is 4.55. The van der Waals surface area contributed by atoms with E-state index in [2.05, 4.69) is 5.32 Å². The summed E-state index contributed by atoms with van der Waals surface area (Å²) in [4.78, 5) is 11.5. The van der Waals surface area contributed by atoms with Crippen molar-refractivity contribution in [2.24, 2.45) is 0 Å². The lowest BCUT2D eigenvalue weighted by Crippen LogP contribution is -2.26. The number of alkyl carbamates (subject to hydrolysis) is 1. The Labute approximate surface area is 122 Å². The summed E-state index contributed by atoms with van der Waals surface area (Å²) in [6, 6.07) is 13.8. The van der Waals surface area contributed by atoms with Crippen molar-refractivity contribution >= 4 is 6.09 Å². The summed E-state index contributed by atoms with van der Waals surface area (Å²) in [5.74, 6) is 0.0148. The number of benzene rings is 2. The molecule has 0 fully saturated rings. The molecule has 0 atom stereocenters. The number of phenols is 2. The Morgan fingerprint density at radius 3 is 2.57 bits per heavy atom. The standard InChI is InChI=1S/C16H17NO4/c18-14-7-6-13(15(19)10-14)8-9-17-16(20)21-11-12-4-2-1-3-5-12/h1-7,10,18-19H,8-9,11H2,(H,17,20). The first-order valence-corrected chi connectivity index (χ1v) is 6.60. The van der Waals surface area contributed by atoms with Gasteiger partial charge in [-0.2, -0.15) is 0 Å². The Kier molecular flexibility index (Phi) is 5.04. The molecule has 0 bridgehead atoms. The normalized spacial score (nSPS) is 10.1. The lowest BCUT2D eigenvalue weighted by atomic mass is 10.1. The minimum Gasteiger partial charge on any atom is -0.508 e. The average molecular weight is 287 g/mol. The minimum absolute atomic E-state index is 0.00600. The highest BCUT2D eigenvalue weighted by atomic mass is 16.5. The van der Waals surface area contributed by atoms with E-state index in [1.165, 1.54) is 12.1 Å². The van der Waals surface area contributed by atoms with Gasteiger partial charge < -0.3 is 20.3 Å². The molecule has 0 spiro atoms. The first-order valence-electron chi connectivity index (χ1n) is 6.60. The van der Waals surface area contributed by atoms with E-state index in [9.17, 15) is 15.0 Å².